The molecule has 0 N–H and O–H groups in total. The quantitative estimate of drug-likeness (QED) is 0.845. The molecule has 0 aliphatic carbocycles. The standard InChI is InChI=1S/C11H14FN5S/c1-16(2)10-9(12)4-13-11(15-10)17(3)5-8-6-18-7-14-8/h4,6-7H,5H2,1-3H3. The zero-order chi connectivity index (χ0) is 13.1. The highest BCUT2D eigenvalue weighted by atomic mass is 32.1. The number of hydrogen-bond donors (Lipinski definition) is 0. The van der Waals surface area contributed by atoms with Crippen molar-refractivity contribution in [1.29, 1.82) is 0 Å². The molecule has 0 aliphatic rings. The fourth-order valence-electron chi connectivity index (χ4n) is 1.48. The van der Waals surface area contributed by atoms with Gasteiger partial charge >= 0.3 is 0 Å². The fourth-order valence-corrected chi connectivity index (χ4v) is 2.03. The van der Waals surface area contributed by atoms with Crippen molar-refractivity contribution in [2.75, 3.05) is 30.9 Å². The van der Waals surface area contributed by atoms with E-state index in [4.69, 9.17) is 0 Å². The lowest BCUT2D eigenvalue weighted by atomic mass is 10.4. The van der Waals surface area contributed by atoms with Crippen LogP contribution in [0.4, 0.5) is 16.2 Å². The first-order chi connectivity index (χ1) is 8.58. The maximum Gasteiger partial charge on any atom is 0.227 e. The molecule has 0 atom stereocenters. The van der Waals surface area contributed by atoms with Gasteiger partial charge in [-0.05, 0) is 0 Å². The fraction of sp³-hybridized carbons (Fsp3) is 0.364. The molecule has 7 heteroatoms. The zero-order valence-electron chi connectivity index (χ0n) is 10.5. The smallest absolute Gasteiger partial charge is 0.227 e. The lowest BCUT2D eigenvalue weighted by Crippen LogP contribution is -2.21. The second-order valence-electron chi connectivity index (χ2n) is 4.07. The summed E-state index contributed by atoms with van der Waals surface area (Å²) in [5.41, 5.74) is 2.72. The molecule has 5 nitrogen and oxygen atoms in total. The van der Waals surface area contributed by atoms with Crippen molar-refractivity contribution in [2.45, 2.75) is 6.54 Å². The van der Waals surface area contributed by atoms with Crippen LogP contribution in [0.3, 0.4) is 0 Å². The van der Waals surface area contributed by atoms with Gasteiger partial charge in [-0.15, -0.1) is 11.3 Å². The number of anilines is 2. The van der Waals surface area contributed by atoms with Crippen LogP contribution in [0.15, 0.2) is 17.1 Å². The Kier molecular flexibility index (Phi) is 3.71. The minimum Gasteiger partial charge on any atom is -0.360 e. The van der Waals surface area contributed by atoms with E-state index in [1.54, 1.807) is 35.8 Å². The van der Waals surface area contributed by atoms with E-state index in [1.807, 2.05) is 17.3 Å². The molecule has 0 unspecified atom stereocenters. The van der Waals surface area contributed by atoms with Crippen LogP contribution in [0.1, 0.15) is 5.69 Å². The zero-order valence-corrected chi connectivity index (χ0v) is 11.3. The van der Waals surface area contributed by atoms with E-state index in [1.165, 1.54) is 6.20 Å². The molecule has 0 aliphatic heterocycles. The molecule has 0 fully saturated rings. The number of rotatable bonds is 4. The van der Waals surface area contributed by atoms with Crippen LogP contribution in [0.25, 0.3) is 0 Å². The van der Waals surface area contributed by atoms with Crippen LogP contribution >= 0.6 is 11.3 Å². The summed E-state index contributed by atoms with van der Waals surface area (Å²) in [6.07, 6.45) is 1.19. The van der Waals surface area contributed by atoms with E-state index in [9.17, 15) is 4.39 Å². The molecule has 0 aromatic carbocycles. The highest BCUT2D eigenvalue weighted by Gasteiger charge is 2.12. The molecule has 0 saturated heterocycles. The molecule has 2 aromatic rings. The van der Waals surface area contributed by atoms with E-state index in [-0.39, 0.29) is 5.82 Å². The summed E-state index contributed by atoms with van der Waals surface area (Å²) in [6.45, 7) is 0.599. The first-order valence-corrected chi connectivity index (χ1v) is 6.30. The maximum atomic E-state index is 13.5. The minimum absolute atomic E-state index is 0.283. The van der Waals surface area contributed by atoms with Crippen LogP contribution < -0.4 is 9.80 Å². The van der Waals surface area contributed by atoms with E-state index in [0.717, 1.165) is 5.69 Å². The van der Waals surface area contributed by atoms with Crippen molar-refractivity contribution in [1.82, 2.24) is 15.0 Å². The highest BCUT2D eigenvalue weighted by molar-refractivity contribution is 7.07. The molecule has 2 heterocycles. The van der Waals surface area contributed by atoms with Gasteiger partial charge in [0.2, 0.25) is 5.95 Å². The van der Waals surface area contributed by atoms with Gasteiger partial charge in [0.05, 0.1) is 23.9 Å². The van der Waals surface area contributed by atoms with E-state index in [2.05, 4.69) is 15.0 Å². The van der Waals surface area contributed by atoms with Gasteiger partial charge in [-0.25, -0.2) is 14.4 Å². The topological polar surface area (TPSA) is 45.2 Å². The third-order valence-corrected chi connectivity index (χ3v) is 3.00. The summed E-state index contributed by atoms with van der Waals surface area (Å²) < 4.78 is 13.5. The van der Waals surface area contributed by atoms with Crippen molar-refractivity contribution in [3.05, 3.63) is 28.6 Å². The minimum atomic E-state index is -0.425. The van der Waals surface area contributed by atoms with E-state index < -0.39 is 5.82 Å². The lowest BCUT2D eigenvalue weighted by Gasteiger charge is -2.18. The van der Waals surface area contributed by atoms with Gasteiger partial charge in [0.25, 0.3) is 0 Å². The average molecular weight is 267 g/mol. The molecular formula is C11H14FN5S. The van der Waals surface area contributed by atoms with Crippen LogP contribution in [-0.2, 0) is 6.54 Å². The van der Waals surface area contributed by atoms with Crippen LogP contribution in [0.2, 0.25) is 0 Å². The van der Waals surface area contributed by atoms with E-state index in [0.29, 0.717) is 12.5 Å². The Morgan fingerprint density at radius 1 is 1.28 bits per heavy atom. The Morgan fingerprint density at radius 3 is 2.67 bits per heavy atom. The summed E-state index contributed by atoms with van der Waals surface area (Å²) in [7, 11) is 5.34. The summed E-state index contributed by atoms with van der Waals surface area (Å²) in [6, 6.07) is 0. The average Bonchev–Trinajstić information content (AvgIpc) is 2.81. The lowest BCUT2D eigenvalue weighted by molar-refractivity contribution is 0.610. The van der Waals surface area contributed by atoms with Crippen molar-refractivity contribution >= 4 is 23.1 Å². The molecule has 0 amide bonds. The Bertz CT molecular complexity index is 514. The molecular weight excluding hydrogens is 253 g/mol. The van der Waals surface area contributed by atoms with E-state index >= 15 is 0 Å². The molecule has 0 radical (unpaired) electrons. The summed E-state index contributed by atoms with van der Waals surface area (Å²) >= 11 is 1.54. The van der Waals surface area contributed by atoms with Gasteiger partial charge in [-0.3, -0.25) is 0 Å². The Balaban J connectivity index is 2.20. The first-order valence-electron chi connectivity index (χ1n) is 5.36. The Labute approximate surface area is 109 Å². The van der Waals surface area contributed by atoms with Crippen LogP contribution in [0.5, 0.6) is 0 Å². The van der Waals surface area contributed by atoms with Gasteiger partial charge in [0.1, 0.15) is 0 Å². The molecule has 2 rings (SSSR count). The summed E-state index contributed by atoms with van der Waals surface area (Å²) in [5, 5.41) is 1.97. The van der Waals surface area contributed by atoms with Gasteiger partial charge < -0.3 is 9.80 Å². The summed E-state index contributed by atoms with van der Waals surface area (Å²) in [5.74, 6) is 0.337. The molecule has 2 aromatic heterocycles. The molecule has 0 spiro atoms. The maximum absolute atomic E-state index is 13.5. The normalized spacial score (nSPS) is 10.4. The largest absolute Gasteiger partial charge is 0.360 e. The second kappa shape index (κ2) is 5.26. The van der Waals surface area contributed by atoms with Crippen molar-refractivity contribution in [2.24, 2.45) is 0 Å². The van der Waals surface area contributed by atoms with Crippen LogP contribution in [0, 0.1) is 5.82 Å². The van der Waals surface area contributed by atoms with Gasteiger partial charge in [0, 0.05) is 26.5 Å². The van der Waals surface area contributed by atoms with Crippen molar-refractivity contribution < 1.29 is 4.39 Å². The van der Waals surface area contributed by atoms with Crippen LogP contribution in [-0.4, -0.2) is 36.1 Å². The number of aromatic nitrogens is 3. The van der Waals surface area contributed by atoms with Crippen molar-refractivity contribution in [3.63, 3.8) is 0 Å². The number of hydrogen-bond acceptors (Lipinski definition) is 6. The molecule has 96 valence electrons. The monoisotopic (exact) mass is 267 g/mol. The van der Waals surface area contributed by atoms with Gasteiger partial charge in [-0.2, -0.15) is 4.98 Å². The highest BCUT2D eigenvalue weighted by Crippen LogP contribution is 2.17. The molecule has 0 bridgehead atoms. The predicted molar refractivity (Wildman–Crippen MR) is 70.5 cm³/mol. The van der Waals surface area contributed by atoms with Gasteiger partial charge in [0.15, 0.2) is 11.6 Å². The summed E-state index contributed by atoms with van der Waals surface area (Å²) in [4.78, 5) is 15.8. The number of nitrogens with zero attached hydrogens (tertiary/aromatic N) is 5. The molecule has 0 saturated carbocycles. The number of halogens is 1. The number of thiazole rings is 1. The third kappa shape index (κ3) is 2.73. The predicted octanol–water partition coefficient (Wildman–Crippen LogP) is 1.77. The van der Waals surface area contributed by atoms with Crippen molar-refractivity contribution in [3.8, 4) is 0 Å². The Morgan fingerprint density at radius 2 is 2.06 bits per heavy atom. The SMILES string of the molecule is CN(C)c1nc(N(C)Cc2cscn2)ncc1F. The molecule has 18 heavy (non-hydrogen) atoms. The Hall–Kier alpha value is -1.76. The second-order valence-corrected chi connectivity index (χ2v) is 4.79. The third-order valence-electron chi connectivity index (χ3n) is 2.36. The van der Waals surface area contributed by atoms with Gasteiger partial charge in [-0.1, -0.05) is 0 Å². The first kappa shape index (κ1) is 12.7.